The van der Waals surface area contributed by atoms with Gasteiger partial charge in [-0.2, -0.15) is 5.26 Å². The van der Waals surface area contributed by atoms with Gasteiger partial charge in [0.25, 0.3) is 0 Å². The maximum atomic E-state index is 13.8. The number of rotatable bonds is 5. The van der Waals surface area contributed by atoms with Crippen molar-refractivity contribution in [1.82, 2.24) is 9.97 Å². The Morgan fingerprint density at radius 2 is 2.03 bits per heavy atom. The highest BCUT2D eigenvalue weighted by molar-refractivity contribution is 9.10. The fourth-order valence-corrected chi connectivity index (χ4v) is 3.58. The van der Waals surface area contributed by atoms with Crippen molar-refractivity contribution in [3.8, 4) is 11.8 Å². The average Bonchev–Trinajstić information content (AvgIpc) is 3.15. The average molecular weight is 462 g/mol. The number of ether oxygens (including phenoxy) is 1. The van der Waals surface area contributed by atoms with Crippen LogP contribution in [0.2, 0.25) is 0 Å². The Morgan fingerprint density at radius 1 is 1.20 bits per heavy atom. The number of aryl methyl sites for hydroxylation is 1. The lowest BCUT2D eigenvalue weighted by Crippen LogP contribution is -1.98. The highest BCUT2D eigenvalue weighted by Gasteiger charge is 2.10. The molecule has 30 heavy (non-hydrogen) atoms. The summed E-state index contributed by atoms with van der Waals surface area (Å²) < 4.78 is 20.2. The lowest BCUT2D eigenvalue weighted by atomic mass is 10.1. The van der Waals surface area contributed by atoms with Crippen LogP contribution in [0.15, 0.2) is 65.1 Å². The normalized spacial score (nSPS) is 11.5. The van der Waals surface area contributed by atoms with Crippen molar-refractivity contribution in [2.45, 2.75) is 13.5 Å². The van der Waals surface area contributed by atoms with Crippen molar-refractivity contribution in [1.29, 1.82) is 5.26 Å². The van der Waals surface area contributed by atoms with Gasteiger partial charge in [0, 0.05) is 5.56 Å². The zero-order chi connectivity index (χ0) is 21.1. The largest absolute Gasteiger partial charge is 0.488 e. The number of fused-ring (bicyclic) bond motifs is 1. The first-order valence-electron chi connectivity index (χ1n) is 9.28. The highest BCUT2D eigenvalue weighted by Crippen LogP contribution is 2.29. The standard InChI is InChI=1S/C24H17BrFN3O/c1-15-6-8-21-22(10-15)29-24(28-21)18(13-27)11-16-7-9-23(19(25)12-16)30-14-17-4-2-3-5-20(17)26/h2-12H,14H2,1H3,(H,28,29). The number of aromatic amines is 1. The van der Waals surface area contributed by atoms with E-state index in [9.17, 15) is 9.65 Å². The van der Waals surface area contributed by atoms with Crippen molar-refractivity contribution in [2.75, 3.05) is 0 Å². The molecular weight excluding hydrogens is 445 g/mol. The summed E-state index contributed by atoms with van der Waals surface area (Å²) in [5.74, 6) is 0.815. The van der Waals surface area contributed by atoms with Crippen LogP contribution >= 0.6 is 15.9 Å². The van der Waals surface area contributed by atoms with E-state index in [2.05, 4.69) is 32.0 Å². The fourth-order valence-electron chi connectivity index (χ4n) is 3.07. The van der Waals surface area contributed by atoms with E-state index in [-0.39, 0.29) is 12.4 Å². The van der Waals surface area contributed by atoms with E-state index in [0.717, 1.165) is 22.2 Å². The smallest absolute Gasteiger partial charge is 0.149 e. The SMILES string of the molecule is Cc1ccc2nc(C(C#N)=Cc3ccc(OCc4ccccc4F)c(Br)c3)[nH]c2c1. The maximum Gasteiger partial charge on any atom is 0.149 e. The number of benzene rings is 3. The van der Waals surface area contributed by atoms with Crippen molar-refractivity contribution < 1.29 is 9.13 Å². The van der Waals surface area contributed by atoms with E-state index in [1.54, 1.807) is 30.3 Å². The number of hydrogen-bond acceptors (Lipinski definition) is 3. The number of nitrogens with one attached hydrogen (secondary N) is 1. The molecule has 0 saturated carbocycles. The lowest BCUT2D eigenvalue weighted by Gasteiger charge is -2.09. The first-order valence-corrected chi connectivity index (χ1v) is 10.1. The number of hydrogen-bond donors (Lipinski definition) is 1. The van der Waals surface area contributed by atoms with Gasteiger partial charge >= 0.3 is 0 Å². The summed E-state index contributed by atoms with van der Waals surface area (Å²) in [4.78, 5) is 7.72. The van der Waals surface area contributed by atoms with Gasteiger partial charge in [-0.15, -0.1) is 0 Å². The molecule has 0 bridgehead atoms. The Balaban J connectivity index is 1.57. The van der Waals surface area contributed by atoms with E-state index in [1.165, 1.54) is 6.07 Å². The number of imidazole rings is 1. The molecule has 0 atom stereocenters. The minimum absolute atomic E-state index is 0.127. The molecule has 0 aliphatic carbocycles. The molecule has 0 aliphatic rings. The van der Waals surface area contributed by atoms with Crippen molar-refractivity contribution >= 4 is 38.6 Å². The third-order valence-corrected chi connectivity index (χ3v) is 5.24. The third kappa shape index (κ3) is 4.27. The highest BCUT2D eigenvalue weighted by atomic mass is 79.9. The van der Waals surface area contributed by atoms with Crippen LogP contribution in [-0.2, 0) is 6.61 Å². The van der Waals surface area contributed by atoms with Crippen LogP contribution in [0, 0.1) is 24.1 Å². The zero-order valence-electron chi connectivity index (χ0n) is 16.1. The monoisotopic (exact) mass is 461 g/mol. The van der Waals surface area contributed by atoms with Gasteiger partial charge < -0.3 is 9.72 Å². The topological polar surface area (TPSA) is 61.7 Å². The first kappa shape index (κ1) is 19.9. The molecule has 3 aromatic carbocycles. The second-order valence-corrected chi connectivity index (χ2v) is 7.70. The van der Waals surface area contributed by atoms with Gasteiger partial charge in [0.05, 0.1) is 21.1 Å². The van der Waals surface area contributed by atoms with Crippen LogP contribution in [0.4, 0.5) is 4.39 Å². The molecule has 1 heterocycles. The number of nitriles is 1. The van der Waals surface area contributed by atoms with E-state index in [4.69, 9.17) is 4.74 Å². The van der Waals surface area contributed by atoms with Crippen LogP contribution < -0.4 is 4.74 Å². The molecule has 0 saturated heterocycles. The van der Waals surface area contributed by atoms with Crippen LogP contribution in [0.3, 0.4) is 0 Å². The van der Waals surface area contributed by atoms with Gasteiger partial charge in [0.2, 0.25) is 0 Å². The van der Waals surface area contributed by atoms with Crippen LogP contribution in [-0.4, -0.2) is 9.97 Å². The molecule has 1 N–H and O–H groups in total. The number of H-pyrrole nitrogens is 1. The molecule has 148 valence electrons. The van der Waals surface area contributed by atoms with E-state index >= 15 is 0 Å². The van der Waals surface area contributed by atoms with E-state index in [1.807, 2.05) is 37.3 Å². The van der Waals surface area contributed by atoms with Gasteiger partial charge in [0.15, 0.2) is 0 Å². The first-order chi connectivity index (χ1) is 14.5. The number of nitrogens with zero attached hydrogens (tertiary/aromatic N) is 2. The van der Waals surface area contributed by atoms with Crippen LogP contribution in [0.25, 0.3) is 22.7 Å². The predicted octanol–water partition coefficient (Wildman–Crippen LogP) is 6.42. The molecule has 1 aromatic heterocycles. The number of allylic oxidation sites excluding steroid dienone is 1. The summed E-state index contributed by atoms with van der Waals surface area (Å²) in [5.41, 5.74) is 4.55. The molecule has 0 amide bonds. The second kappa shape index (κ2) is 8.52. The van der Waals surface area contributed by atoms with Crippen molar-refractivity contribution in [3.05, 3.63) is 93.5 Å². The number of halogens is 2. The lowest BCUT2D eigenvalue weighted by molar-refractivity contribution is 0.298. The van der Waals surface area contributed by atoms with Crippen molar-refractivity contribution in [3.63, 3.8) is 0 Å². The zero-order valence-corrected chi connectivity index (χ0v) is 17.7. The van der Waals surface area contributed by atoms with Gasteiger partial charge in [0.1, 0.15) is 30.1 Å². The van der Waals surface area contributed by atoms with Gasteiger partial charge in [-0.3, -0.25) is 0 Å². The summed E-state index contributed by atoms with van der Waals surface area (Å²) in [6, 6.07) is 20.1. The Bertz CT molecular complexity index is 1300. The van der Waals surface area contributed by atoms with Gasteiger partial charge in [-0.1, -0.05) is 30.3 Å². The Morgan fingerprint density at radius 3 is 2.80 bits per heavy atom. The van der Waals surface area contributed by atoms with Crippen LogP contribution in [0.5, 0.6) is 5.75 Å². The molecule has 4 rings (SSSR count). The summed E-state index contributed by atoms with van der Waals surface area (Å²) in [6.07, 6.45) is 1.76. The summed E-state index contributed by atoms with van der Waals surface area (Å²) in [6.45, 7) is 2.14. The molecule has 0 radical (unpaired) electrons. The van der Waals surface area contributed by atoms with Crippen molar-refractivity contribution in [2.24, 2.45) is 0 Å². The fraction of sp³-hybridized carbons (Fsp3) is 0.0833. The molecule has 0 aliphatic heterocycles. The minimum atomic E-state index is -0.298. The summed E-state index contributed by atoms with van der Waals surface area (Å²) in [7, 11) is 0. The molecular formula is C24H17BrFN3O. The summed E-state index contributed by atoms with van der Waals surface area (Å²) >= 11 is 3.49. The minimum Gasteiger partial charge on any atom is -0.488 e. The maximum absolute atomic E-state index is 13.8. The predicted molar refractivity (Wildman–Crippen MR) is 119 cm³/mol. The Kier molecular flexibility index (Phi) is 5.64. The van der Waals surface area contributed by atoms with Gasteiger partial charge in [-0.05, 0) is 70.4 Å². The third-order valence-electron chi connectivity index (χ3n) is 4.62. The van der Waals surface area contributed by atoms with Gasteiger partial charge in [-0.25, -0.2) is 9.37 Å². The molecule has 0 spiro atoms. The Hall–Kier alpha value is -3.43. The van der Waals surface area contributed by atoms with Crippen LogP contribution in [0.1, 0.15) is 22.5 Å². The second-order valence-electron chi connectivity index (χ2n) is 6.85. The molecule has 0 unspecified atom stereocenters. The summed E-state index contributed by atoms with van der Waals surface area (Å²) in [5, 5.41) is 9.63. The molecule has 4 aromatic rings. The molecule has 0 fully saturated rings. The Labute approximate surface area is 181 Å². The van der Waals surface area contributed by atoms with E-state index in [0.29, 0.717) is 27.2 Å². The quantitative estimate of drug-likeness (QED) is 0.349. The molecule has 4 nitrogen and oxygen atoms in total. The molecule has 6 heteroatoms. The van der Waals surface area contributed by atoms with E-state index < -0.39 is 0 Å². The number of aromatic nitrogens is 2.